The molecule has 0 radical (unpaired) electrons. The molecular formula is C20H26N4O. The number of piperazine rings is 1. The van der Waals surface area contributed by atoms with Gasteiger partial charge in [0.05, 0.1) is 6.04 Å². The van der Waals surface area contributed by atoms with Gasteiger partial charge in [-0.3, -0.25) is 4.90 Å². The number of likely N-dealkylation sites (N-methyl/N-ethyl adjacent to an activating group) is 1. The third-order valence-corrected chi connectivity index (χ3v) is 4.58. The summed E-state index contributed by atoms with van der Waals surface area (Å²) in [5, 5.41) is 6.04. The van der Waals surface area contributed by atoms with Crippen LogP contribution in [-0.2, 0) is 0 Å². The molecule has 132 valence electrons. The minimum Gasteiger partial charge on any atom is -0.330 e. The average Bonchev–Trinajstić information content (AvgIpc) is 2.64. The van der Waals surface area contributed by atoms with E-state index in [-0.39, 0.29) is 12.1 Å². The number of nitrogens with zero attached hydrogens (tertiary/aromatic N) is 2. The van der Waals surface area contributed by atoms with Crippen molar-refractivity contribution in [3.8, 4) is 0 Å². The van der Waals surface area contributed by atoms with Crippen molar-refractivity contribution in [2.45, 2.75) is 6.04 Å². The molecule has 1 aliphatic heterocycles. The molecule has 0 saturated carbocycles. The zero-order valence-corrected chi connectivity index (χ0v) is 14.7. The van der Waals surface area contributed by atoms with E-state index in [1.54, 1.807) is 0 Å². The second-order valence-electron chi connectivity index (χ2n) is 6.53. The Hall–Kier alpha value is -2.37. The van der Waals surface area contributed by atoms with Gasteiger partial charge in [0.15, 0.2) is 0 Å². The second-order valence-corrected chi connectivity index (χ2v) is 6.53. The number of urea groups is 1. The van der Waals surface area contributed by atoms with Gasteiger partial charge in [-0.05, 0) is 24.7 Å². The maximum Gasteiger partial charge on any atom is 0.319 e. The Kier molecular flexibility index (Phi) is 6.04. The first-order valence-corrected chi connectivity index (χ1v) is 8.79. The van der Waals surface area contributed by atoms with E-state index < -0.39 is 0 Å². The maximum absolute atomic E-state index is 12.4. The molecule has 1 atom stereocenters. The fraction of sp³-hybridized carbons (Fsp3) is 0.350. The monoisotopic (exact) mass is 338 g/mol. The number of carbonyl (C=O) groups is 1. The van der Waals surface area contributed by atoms with Crippen LogP contribution >= 0.6 is 0 Å². The van der Waals surface area contributed by atoms with Crippen LogP contribution in [0.4, 0.5) is 10.5 Å². The SMILES string of the molecule is CN1CCN(C[C@H](NC(=O)Nc2ccccc2)c2ccccc2)CC1. The summed E-state index contributed by atoms with van der Waals surface area (Å²) in [6.45, 7) is 5.01. The molecule has 0 spiro atoms. The molecule has 1 saturated heterocycles. The number of anilines is 1. The summed E-state index contributed by atoms with van der Waals surface area (Å²) in [5.41, 5.74) is 1.93. The Morgan fingerprint density at radius 2 is 1.56 bits per heavy atom. The quantitative estimate of drug-likeness (QED) is 0.881. The lowest BCUT2D eigenvalue weighted by Gasteiger charge is -2.35. The molecule has 1 aliphatic rings. The van der Waals surface area contributed by atoms with Crippen molar-refractivity contribution in [1.82, 2.24) is 15.1 Å². The third-order valence-electron chi connectivity index (χ3n) is 4.58. The number of carbonyl (C=O) groups excluding carboxylic acids is 1. The molecule has 2 aromatic carbocycles. The molecule has 0 bridgehead atoms. The van der Waals surface area contributed by atoms with Crippen molar-refractivity contribution in [3.05, 3.63) is 66.2 Å². The van der Waals surface area contributed by atoms with Crippen LogP contribution in [0, 0.1) is 0 Å². The lowest BCUT2D eigenvalue weighted by molar-refractivity contribution is 0.143. The summed E-state index contributed by atoms with van der Waals surface area (Å²) in [7, 11) is 2.15. The summed E-state index contributed by atoms with van der Waals surface area (Å²) in [4.78, 5) is 17.2. The molecule has 5 heteroatoms. The summed E-state index contributed by atoms with van der Waals surface area (Å²) >= 11 is 0. The lowest BCUT2D eigenvalue weighted by atomic mass is 10.1. The number of rotatable bonds is 5. The molecule has 0 aromatic heterocycles. The van der Waals surface area contributed by atoms with Gasteiger partial charge in [-0.15, -0.1) is 0 Å². The van der Waals surface area contributed by atoms with Crippen LogP contribution in [0.25, 0.3) is 0 Å². The maximum atomic E-state index is 12.4. The summed E-state index contributed by atoms with van der Waals surface area (Å²) in [6.07, 6.45) is 0. The Morgan fingerprint density at radius 3 is 2.20 bits per heavy atom. The van der Waals surface area contributed by atoms with Gasteiger partial charge in [-0.25, -0.2) is 4.79 Å². The van der Waals surface area contributed by atoms with Gasteiger partial charge in [0, 0.05) is 38.4 Å². The van der Waals surface area contributed by atoms with Crippen LogP contribution in [0.3, 0.4) is 0 Å². The number of benzene rings is 2. The highest BCUT2D eigenvalue weighted by molar-refractivity contribution is 5.89. The molecule has 3 rings (SSSR count). The first kappa shape index (κ1) is 17.5. The van der Waals surface area contributed by atoms with Crippen LogP contribution in [-0.4, -0.2) is 55.6 Å². The normalized spacial score (nSPS) is 17.0. The highest BCUT2D eigenvalue weighted by Gasteiger charge is 2.21. The van der Waals surface area contributed by atoms with E-state index in [0.29, 0.717) is 0 Å². The topological polar surface area (TPSA) is 47.6 Å². The van der Waals surface area contributed by atoms with Crippen molar-refractivity contribution in [3.63, 3.8) is 0 Å². The smallest absolute Gasteiger partial charge is 0.319 e. The zero-order valence-electron chi connectivity index (χ0n) is 14.7. The van der Waals surface area contributed by atoms with Crippen molar-refractivity contribution in [1.29, 1.82) is 0 Å². The Balaban J connectivity index is 1.65. The second kappa shape index (κ2) is 8.65. The summed E-state index contributed by atoms with van der Waals surface area (Å²) < 4.78 is 0. The van der Waals surface area contributed by atoms with Crippen LogP contribution in [0.15, 0.2) is 60.7 Å². The molecule has 2 amide bonds. The lowest BCUT2D eigenvalue weighted by Crippen LogP contribution is -2.48. The fourth-order valence-electron chi connectivity index (χ4n) is 3.06. The van der Waals surface area contributed by atoms with Gasteiger partial charge in [0.1, 0.15) is 0 Å². The molecule has 0 aliphatic carbocycles. The van der Waals surface area contributed by atoms with Gasteiger partial charge >= 0.3 is 6.03 Å². The number of para-hydroxylation sites is 1. The fourth-order valence-corrected chi connectivity index (χ4v) is 3.06. The van der Waals surface area contributed by atoms with E-state index in [2.05, 4.69) is 39.6 Å². The zero-order chi connectivity index (χ0) is 17.5. The van der Waals surface area contributed by atoms with Gasteiger partial charge < -0.3 is 15.5 Å². The van der Waals surface area contributed by atoms with Crippen molar-refractivity contribution < 1.29 is 4.79 Å². The van der Waals surface area contributed by atoms with E-state index in [1.165, 1.54) is 0 Å². The van der Waals surface area contributed by atoms with Gasteiger partial charge in [-0.1, -0.05) is 48.5 Å². The minimum absolute atomic E-state index is 0.0340. The average molecular weight is 338 g/mol. The van der Waals surface area contributed by atoms with Crippen LogP contribution < -0.4 is 10.6 Å². The van der Waals surface area contributed by atoms with Gasteiger partial charge in [0.2, 0.25) is 0 Å². The molecule has 0 unspecified atom stereocenters. The third kappa shape index (κ3) is 5.31. The van der Waals surface area contributed by atoms with Crippen molar-refractivity contribution in [2.24, 2.45) is 0 Å². The number of nitrogens with one attached hydrogen (secondary N) is 2. The first-order chi connectivity index (χ1) is 12.2. The van der Waals surface area contributed by atoms with Crippen LogP contribution in [0.1, 0.15) is 11.6 Å². The molecule has 1 fully saturated rings. The molecular weight excluding hydrogens is 312 g/mol. The highest BCUT2D eigenvalue weighted by Crippen LogP contribution is 2.16. The van der Waals surface area contributed by atoms with Gasteiger partial charge in [0.25, 0.3) is 0 Å². The molecule has 2 aromatic rings. The molecule has 2 N–H and O–H groups in total. The van der Waals surface area contributed by atoms with E-state index in [0.717, 1.165) is 44.0 Å². The molecule has 25 heavy (non-hydrogen) atoms. The molecule has 5 nitrogen and oxygen atoms in total. The summed E-state index contributed by atoms with van der Waals surface area (Å²) in [6, 6.07) is 19.5. The van der Waals surface area contributed by atoms with E-state index in [4.69, 9.17) is 0 Å². The van der Waals surface area contributed by atoms with Gasteiger partial charge in [-0.2, -0.15) is 0 Å². The predicted molar refractivity (Wildman–Crippen MR) is 102 cm³/mol. The minimum atomic E-state index is -0.172. The number of hydrogen-bond donors (Lipinski definition) is 2. The Bertz CT molecular complexity index is 654. The highest BCUT2D eigenvalue weighted by atomic mass is 16.2. The first-order valence-electron chi connectivity index (χ1n) is 8.79. The Labute approximate surface area is 149 Å². The van der Waals surface area contributed by atoms with Crippen LogP contribution in [0.2, 0.25) is 0 Å². The summed E-state index contributed by atoms with van der Waals surface area (Å²) in [5.74, 6) is 0. The van der Waals surface area contributed by atoms with E-state index >= 15 is 0 Å². The predicted octanol–water partition coefficient (Wildman–Crippen LogP) is 2.80. The largest absolute Gasteiger partial charge is 0.330 e. The van der Waals surface area contributed by atoms with Crippen molar-refractivity contribution >= 4 is 11.7 Å². The van der Waals surface area contributed by atoms with Crippen LogP contribution in [0.5, 0.6) is 0 Å². The van der Waals surface area contributed by atoms with E-state index in [9.17, 15) is 4.79 Å². The number of hydrogen-bond acceptors (Lipinski definition) is 3. The van der Waals surface area contributed by atoms with E-state index in [1.807, 2.05) is 48.5 Å². The Morgan fingerprint density at radius 1 is 0.960 bits per heavy atom. The number of amides is 2. The standard InChI is InChI=1S/C20H26N4O/c1-23-12-14-24(15-13-23)16-19(17-8-4-2-5-9-17)22-20(25)21-18-10-6-3-7-11-18/h2-11,19H,12-16H2,1H3,(H2,21,22,25)/t19-/m0/s1. The molecule has 1 heterocycles. The van der Waals surface area contributed by atoms with Crippen molar-refractivity contribution in [2.75, 3.05) is 45.1 Å².